The molecule has 0 aliphatic carbocycles. The molecule has 0 aromatic heterocycles. The summed E-state index contributed by atoms with van der Waals surface area (Å²) in [5.41, 5.74) is 0.851. The second kappa shape index (κ2) is 8.86. The fraction of sp³-hybridized carbons (Fsp3) is 0.632. The summed E-state index contributed by atoms with van der Waals surface area (Å²) in [4.78, 5) is 12.7. The summed E-state index contributed by atoms with van der Waals surface area (Å²) in [6, 6.07) is 5.22. The number of aryl methyl sites for hydroxylation is 1. The molecule has 1 fully saturated rings. The molecule has 1 N–H and O–H groups in total. The van der Waals surface area contributed by atoms with Crippen LogP contribution in [0.2, 0.25) is 0 Å². The van der Waals surface area contributed by atoms with Crippen LogP contribution in [0.4, 0.5) is 0 Å². The highest BCUT2D eigenvalue weighted by Gasteiger charge is 2.35. The molecule has 1 heterocycles. The van der Waals surface area contributed by atoms with E-state index in [1.54, 1.807) is 12.1 Å². The first kappa shape index (κ1) is 20.7. The fourth-order valence-corrected chi connectivity index (χ4v) is 5.13. The summed E-state index contributed by atoms with van der Waals surface area (Å²) in [5.74, 6) is -0.0329. The van der Waals surface area contributed by atoms with Crippen LogP contribution >= 0.6 is 0 Å². The molecule has 6 nitrogen and oxygen atoms in total. The Morgan fingerprint density at radius 2 is 2.15 bits per heavy atom. The average molecular weight is 383 g/mol. The van der Waals surface area contributed by atoms with Crippen molar-refractivity contribution in [3.05, 3.63) is 23.8 Å². The number of hydrogen-bond acceptors (Lipinski definition) is 4. The van der Waals surface area contributed by atoms with E-state index in [1.165, 1.54) is 11.4 Å². The molecule has 1 aliphatic rings. The summed E-state index contributed by atoms with van der Waals surface area (Å²) in [7, 11) is -2.24. The van der Waals surface area contributed by atoms with Crippen LogP contribution in [0.1, 0.15) is 45.1 Å². The van der Waals surface area contributed by atoms with Gasteiger partial charge in [-0.15, -0.1) is 0 Å². The van der Waals surface area contributed by atoms with Gasteiger partial charge >= 0.3 is 0 Å². The number of rotatable bonds is 7. The number of methoxy groups -OCH3 is 1. The third-order valence-corrected chi connectivity index (χ3v) is 6.69. The van der Waals surface area contributed by atoms with Gasteiger partial charge in [0.25, 0.3) is 0 Å². The molecule has 1 saturated heterocycles. The molecule has 0 unspecified atom stereocenters. The van der Waals surface area contributed by atoms with E-state index in [0.29, 0.717) is 25.1 Å². The van der Waals surface area contributed by atoms with Gasteiger partial charge in [-0.1, -0.05) is 19.4 Å². The van der Waals surface area contributed by atoms with Crippen molar-refractivity contribution in [3.63, 3.8) is 0 Å². The lowest BCUT2D eigenvalue weighted by Crippen LogP contribution is -2.47. The van der Waals surface area contributed by atoms with Crippen molar-refractivity contribution in [2.45, 2.75) is 57.4 Å². The maximum absolute atomic E-state index is 13.1. The SMILES string of the molecule is CCC[C@@H](C)NC(=O)[C@@H]1CCCN(S(=O)(=O)c2cc(C)ccc2OC)C1. The maximum atomic E-state index is 13.1. The van der Waals surface area contributed by atoms with Crippen LogP contribution in [0.15, 0.2) is 23.1 Å². The van der Waals surface area contributed by atoms with Crippen LogP contribution in [0.3, 0.4) is 0 Å². The number of amides is 1. The van der Waals surface area contributed by atoms with Crippen LogP contribution in [0.5, 0.6) is 5.75 Å². The molecule has 1 aromatic carbocycles. The summed E-state index contributed by atoms with van der Waals surface area (Å²) in [6.07, 6.45) is 3.30. The normalized spacial score (nSPS) is 19.8. The first-order chi connectivity index (χ1) is 12.3. The van der Waals surface area contributed by atoms with Crippen molar-refractivity contribution in [2.24, 2.45) is 5.92 Å². The third kappa shape index (κ3) is 4.76. The Hall–Kier alpha value is -1.60. The molecule has 7 heteroatoms. The van der Waals surface area contributed by atoms with E-state index in [4.69, 9.17) is 4.74 Å². The van der Waals surface area contributed by atoms with Gasteiger partial charge in [0.1, 0.15) is 10.6 Å². The second-order valence-electron chi connectivity index (χ2n) is 7.05. The van der Waals surface area contributed by atoms with Crippen molar-refractivity contribution < 1.29 is 17.9 Å². The van der Waals surface area contributed by atoms with Gasteiger partial charge in [0, 0.05) is 19.1 Å². The number of nitrogens with zero attached hydrogens (tertiary/aromatic N) is 1. The summed E-state index contributed by atoms with van der Waals surface area (Å²) in [5, 5.41) is 3.01. The van der Waals surface area contributed by atoms with Crippen LogP contribution < -0.4 is 10.1 Å². The van der Waals surface area contributed by atoms with Crippen molar-refractivity contribution in [1.29, 1.82) is 0 Å². The molecule has 0 saturated carbocycles. The van der Waals surface area contributed by atoms with E-state index >= 15 is 0 Å². The Balaban J connectivity index is 2.18. The number of piperidine rings is 1. The number of carbonyl (C=O) groups excluding carboxylic acids is 1. The van der Waals surface area contributed by atoms with Crippen molar-refractivity contribution in [1.82, 2.24) is 9.62 Å². The molecule has 2 atom stereocenters. The smallest absolute Gasteiger partial charge is 0.246 e. The van der Waals surface area contributed by atoms with E-state index in [2.05, 4.69) is 12.2 Å². The summed E-state index contributed by atoms with van der Waals surface area (Å²) in [6.45, 7) is 6.54. The van der Waals surface area contributed by atoms with Crippen molar-refractivity contribution in [3.8, 4) is 5.75 Å². The summed E-state index contributed by atoms with van der Waals surface area (Å²) < 4.78 is 32.9. The van der Waals surface area contributed by atoms with E-state index in [1.807, 2.05) is 19.9 Å². The van der Waals surface area contributed by atoms with E-state index in [9.17, 15) is 13.2 Å². The molecule has 146 valence electrons. The Morgan fingerprint density at radius 1 is 1.42 bits per heavy atom. The number of benzene rings is 1. The number of hydrogen-bond donors (Lipinski definition) is 1. The minimum absolute atomic E-state index is 0.0537. The molecule has 2 rings (SSSR count). The Labute approximate surface area is 157 Å². The minimum Gasteiger partial charge on any atom is -0.495 e. The highest BCUT2D eigenvalue weighted by Crippen LogP contribution is 2.30. The lowest BCUT2D eigenvalue weighted by molar-refractivity contribution is -0.126. The quantitative estimate of drug-likeness (QED) is 0.787. The zero-order valence-corrected chi connectivity index (χ0v) is 16.9. The molecule has 1 aromatic rings. The highest BCUT2D eigenvalue weighted by molar-refractivity contribution is 7.89. The first-order valence-electron chi connectivity index (χ1n) is 9.24. The molecule has 0 bridgehead atoms. The highest BCUT2D eigenvalue weighted by atomic mass is 32.2. The lowest BCUT2D eigenvalue weighted by Gasteiger charge is -2.32. The molecule has 26 heavy (non-hydrogen) atoms. The minimum atomic E-state index is -3.70. The van der Waals surface area contributed by atoms with Crippen LogP contribution in [-0.4, -0.2) is 44.9 Å². The lowest BCUT2D eigenvalue weighted by atomic mass is 9.98. The molecule has 1 aliphatic heterocycles. The fourth-order valence-electron chi connectivity index (χ4n) is 3.37. The number of nitrogens with one attached hydrogen (secondary N) is 1. The number of sulfonamides is 1. The predicted octanol–water partition coefficient (Wildman–Crippen LogP) is 2.71. The summed E-state index contributed by atoms with van der Waals surface area (Å²) >= 11 is 0. The molecule has 1 amide bonds. The third-order valence-electron chi connectivity index (χ3n) is 4.80. The van der Waals surface area contributed by atoms with Crippen LogP contribution in [0.25, 0.3) is 0 Å². The first-order valence-corrected chi connectivity index (χ1v) is 10.7. The Morgan fingerprint density at radius 3 is 2.81 bits per heavy atom. The topological polar surface area (TPSA) is 75.7 Å². The van der Waals surface area contributed by atoms with E-state index < -0.39 is 10.0 Å². The number of carbonyl (C=O) groups is 1. The van der Waals surface area contributed by atoms with Crippen LogP contribution in [0, 0.1) is 12.8 Å². The second-order valence-corrected chi connectivity index (χ2v) is 8.96. The molecule has 0 radical (unpaired) electrons. The predicted molar refractivity (Wildman–Crippen MR) is 102 cm³/mol. The van der Waals surface area contributed by atoms with Crippen molar-refractivity contribution >= 4 is 15.9 Å². The van der Waals surface area contributed by atoms with E-state index in [0.717, 1.165) is 18.4 Å². The van der Waals surface area contributed by atoms with Crippen molar-refractivity contribution in [2.75, 3.05) is 20.2 Å². The van der Waals surface area contributed by atoms with Gasteiger partial charge in [-0.25, -0.2) is 8.42 Å². The zero-order valence-electron chi connectivity index (χ0n) is 16.1. The van der Waals surface area contributed by atoms with Gasteiger partial charge in [0.15, 0.2) is 0 Å². The number of ether oxygens (including phenoxy) is 1. The Kier molecular flexibility index (Phi) is 7.06. The molecule has 0 spiro atoms. The van der Waals surface area contributed by atoms with Gasteiger partial charge in [0.05, 0.1) is 13.0 Å². The average Bonchev–Trinajstić information content (AvgIpc) is 2.62. The molecular formula is C19H30N2O4S. The van der Waals surface area contributed by atoms with Gasteiger partial charge in [-0.3, -0.25) is 4.79 Å². The van der Waals surface area contributed by atoms with Gasteiger partial charge < -0.3 is 10.1 Å². The monoisotopic (exact) mass is 382 g/mol. The Bertz CT molecular complexity index is 733. The van der Waals surface area contributed by atoms with Crippen LogP contribution in [-0.2, 0) is 14.8 Å². The largest absolute Gasteiger partial charge is 0.495 e. The maximum Gasteiger partial charge on any atom is 0.246 e. The zero-order chi connectivity index (χ0) is 19.3. The van der Waals surface area contributed by atoms with Gasteiger partial charge in [-0.2, -0.15) is 4.31 Å². The van der Waals surface area contributed by atoms with E-state index in [-0.39, 0.29) is 29.3 Å². The standard InChI is InChI=1S/C19H30N2O4S/c1-5-7-15(3)20-19(22)16-8-6-11-21(13-16)26(23,24)18-12-14(2)9-10-17(18)25-4/h9-10,12,15-16H,5-8,11,13H2,1-4H3,(H,20,22)/t15-,16-/m1/s1. The van der Waals surface area contributed by atoms with Gasteiger partial charge in [-0.05, 0) is 50.8 Å². The van der Waals surface area contributed by atoms with Gasteiger partial charge in [0.2, 0.25) is 15.9 Å². The molecular weight excluding hydrogens is 352 g/mol.